The highest BCUT2D eigenvalue weighted by molar-refractivity contribution is 6.03. The second kappa shape index (κ2) is 5.68. The number of ether oxygens (including phenoxy) is 1. The molecule has 2 N–H and O–H groups in total. The van der Waals surface area contributed by atoms with Gasteiger partial charge in [0.25, 0.3) is 11.6 Å². The quantitative estimate of drug-likeness (QED) is 0.492. The monoisotopic (exact) mass is 307 g/mol. The summed E-state index contributed by atoms with van der Waals surface area (Å²) in [5.74, 6) is -1.15. The zero-order chi connectivity index (χ0) is 16.4. The largest absolute Gasteiger partial charge is 0.463 e. The molecule has 10 nitrogen and oxygen atoms in total. The fraction of sp³-hybridized carbons (Fsp3) is 0.250. The smallest absolute Gasteiger partial charge is 0.374 e. The fourth-order valence-electron chi connectivity index (χ4n) is 1.82. The molecule has 0 aliphatic heterocycles. The van der Waals surface area contributed by atoms with Crippen molar-refractivity contribution >= 4 is 23.4 Å². The number of hydrogen-bond donors (Lipinski definition) is 2. The van der Waals surface area contributed by atoms with Crippen LogP contribution < -0.4 is 5.32 Å². The van der Waals surface area contributed by atoms with Crippen LogP contribution in [0.2, 0.25) is 0 Å². The summed E-state index contributed by atoms with van der Waals surface area (Å²) in [6.07, 6.45) is 1.23. The third-order valence-corrected chi connectivity index (χ3v) is 2.93. The molecular weight excluding hydrogens is 294 g/mol. The maximum absolute atomic E-state index is 12.1. The summed E-state index contributed by atoms with van der Waals surface area (Å²) in [4.78, 5) is 40.2. The SMILES string of the molecule is COC(=O)c1nc(NC(=O)c2cc([N+](=O)[O-])cn2C)c(C)[nH]1. The lowest BCUT2D eigenvalue weighted by Gasteiger charge is -2.03. The van der Waals surface area contributed by atoms with Crippen LogP contribution in [0, 0.1) is 17.0 Å². The van der Waals surface area contributed by atoms with Crippen molar-refractivity contribution < 1.29 is 19.2 Å². The normalized spacial score (nSPS) is 10.3. The van der Waals surface area contributed by atoms with E-state index in [4.69, 9.17) is 0 Å². The zero-order valence-corrected chi connectivity index (χ0v) is 12.0. The first kappa shape index (κ1) is 15.2. The Morgan fingerprint density at radius 2 is 2.18 bits per heavy atom. The lowest BCUT2D eigenvalue weighted by atomic mass is 10.3. The van der Waals surface area contributed by atoms with Crippen molar-refractivity contribution in [2.75, 3.05) is 12.4 Å². The zero-order valence-electron chi connectivity index (χ0n) is 12.0. The molecule has 0 radical (unpaired) electrons. The van der Waals surface area contributed by atoms with Crippen LogP contribution in [-0.2, 0) is 11.8 Å². The van der Waals surface area contributed by atoms with E-state index in [1.807, 2.05) is 0 Å². The van der Waals surface area contributed by atoms with Gasteiger partial charge in [0.05, 0.1) is 23.9 Å². The molecule has 2 aromatic heterocycles. The molecule has 0 aliphatic carbocycles. The summed E-state index contributed by atoms with van der Waals surface area (Å²) in [6, 6.07) is 1.15. The number of hydrogen-bond acceptors (Lipinski definition) is 6. The van der Waals surface area contributed by atoms with Crippen LogP contribution in [0.1, 0.15) is 26.8 Å². The fourth-order valence-corrected chi connectivity index (χ4v) is 1.82. The number of rotatable bonds is 4. The maximum atomic E-state index is 12.1. The molecule has 2 aromatic rings. The number of H-pyrrole nitrogens is 1. The van der Waals surface area contributed by atoms with Gasteiger partial charge in [-0.1, -0.05) is 0 Å². The number of anilines is 1. The van der Waals surface area contributed by atoms with E-state index in [9.17, 15) is 19.7 Å². The van der Waals surface area contributed by atoms with Crippen molar-refractivity contribution in [2.24, 2.45) is 7.05 Å². The summed E-state index contributed by atoms with van der Waals surface area (Å²) in [6.45, 7) is 1.61. The minimum Gasteiger partial charge on any atom is -0.463 e. The number of nitrogens with zero attached hydrogens (tertiary/aromatic N) is 3. The number of amides is 1. The number of nitrogens with one attached hydrogen (secondary N) is 2. The Labute approximate surface area is 124 Å². The molecule has 0 fully saturated rings. The van der Waals surface area contributed by atoms with Crippen LogP contribution in [-0.4, -0.2) is 38.4 Å². The van der Waals surface area contributed by atoms with E-state index in [1.165, 1.54) is 24.9 Å². The summed E-state index contributed by atoms with van der Waals surface area (Å²) >= 11 is 0. The Morgan fingerprint density at radius 1 is 1.50 bits per heavy atom. The van der Waals surface area contributed by atoms with E-state index < -0.39 is 16.8 Å². The highest BCUT2D eigenvalue weighted by atomic mass is 16.6. The van der Waals surface area contributed by atoms with E-state index in [0.717, 1.165) is 6.07 Å². The topological polar surface area (TPSA) is 132 Å². The Hall–Kier alpha value is -3.17. The van der Waals surface area contributed by atoms with Crippen LogP contribution in [0.3, 0.4) is 0 Å². The lowest BCUT2D eigenvalue weighted by Crippen LogP contribution is -2.16. The second-order valence-electron chi connectivity index (χ2n) is 4.46. The van der Waals surface area contributed by atoms with Gasteiger partial charge in [-0.3, -0.25) is 14.9 Å². The number of imidazole rings is 1. The highest BCUT2D eigenvalue weighted by Crippen LogP contribution is 2.18. The van der Waals surface area contributed by atoms with Gasteiger partial charge in [-0.2, -0.15) is 0 Å². The maximum Gasteiger partial charge on any atom is 0.374 e. The van der Waals surface area contributed by atoms with Crippen molar-refractivity contribution in [3.8, 4) is 0 Å². The summed E-state index contributed by atoms with van der Waals surface area (Å²) in [5.41, 5.74) is 0.354. The van der Waals surface area contributed by atoms with Gasteiger partial charge in [0.15, 0.2) is 5.82 Å². The number of aryl methyl sites for hydroxylation is 2. The van der Waals surface area contributed by atoms with E-state index in [1.54, 1.807) is 6.92 Å². The van der Waals surface area contributed by atoms with Gasteiger partial charge in [0.2, 0.25) is 5.82 Å². The predicted octanol–water partition coefficient (Wildman–Crippen LogP) is 1.00. The van der Waals surface area contributed by atoms with Gasteiger partial charge in [-0.15, -0.1) is 0 Å². The molecule has 116 valence electrons. The number of nitro groups is 1. The third-order valence-electron chi connectivity index (χ3n) is 2.93. The van der Waals surface area contributed by atoms with E-state index in [-0.39, 0.29) is 23.0 Å². The number of aromatic nitrogens is 3. The van der Waals surface area contributed by atoms with Crippen LogP contribution in [0.15, 0.2) is 12.3 Å². The van der Waals surface area contributed by atoms with Gasteiger partial charge in [0, 0.05) is 13.1 Å². The van der Waals surface area contributed by atoms with Crippen LogP contribution in [0.4, 0.5) is 11.5 Å². The van der Waals surface area contributed by atoms with Gasteiger partial charge in [-0.25, -0.2) is 9.78 Å². The second-order valence-corrected chi connectivity index (χ2v) is 4.46. The Balaban J connectivity index is 2.24. The molecule has 0 unspecified atom stereocenters. The number of aromatic amines is 1. The number of carbonyl (C=O) groups excluding carboxylic acids is 2. The van der Waals surface area contributed by atoms with E-state index >= 15 is 0 Å². The number of methoxy groups -OCH3 is 1. The van der Waals surface area contributed by atoms with Crippen LogP contribution in [0.25, 0.3) is 0 Å². The molecule has 0 aliphatic rings. The molecule has 0 saturated carbocycles. The van der Waals surface area contributed by atoms with Gasteiger partial charge in [-0.05, 0) is 6.92 Å². The number of carbonyl (C=O) groups is 2. The van der Waals surface area contributed by atoms with Gasteiger partial charge in [0.1, 0.15) is 5.69 Å². The first-order valence-corrected chi connectivity index (χ1v) is 6.10. The molecule has 2 rings (SSSR count). The lowest BCUT2D eigenvalue weighted by molar-refractivity contribution is -0.384. The van der Waals surface area contributed by atoms with E-state index in [2.05, 4.69) is 20.0 Å². The summed E-state index contributed by atoms with van der Waals surface area (Å²) < 4.78 is 5.85. The van der Waals surface area contributed by atoms with Crippen molar-refractivity contribution in [1.29, 1.82) is 0 Å². The van der Waals surface area contributed by atoms with Gasteiger partial charge < -0.3 is 19.6 Å². The average molecular weight is 307 g/mol. The summed E-state index contributed by atoms with van der Waals surface area (Å²) in [7, 11) is 2.72. The molecule has 22 heavy (non-hydrogen) atoms. The van der Waals surface area contributed by atoms with Crippen molar-refractivity contribution in [3.63, 3.8) is 0 Å². The Bertz CT molecular complexity index is 760. The third kappa shape index (κ3) is 2.80. The molecule has 2 heterocycles. The minimum absolute atomic E-state index is 0.0480. The van der Waals surface area contributed by atoms with E-state index in [0.29, 0.717) is 5.69 Å². The Kier molecular flexibility index (Phi) is 3.93. The van der Waals surface area contributed by atoms with Crippen molar-refractivity contribution in [1.82, 2.24) is 14.5 Å². The molecule has 0 spiro atoms. The average Bonchev–Trinajstić information content (AvgIpc) is 3.02. The molecular formula is C12H13N5O5. The standard InChI is InChI=1S/C12H13N5O5/c1-6-9(14-10(13-6)12(19)22-3)15-11(18)8-4-7(17(20)21)5-16(8)2/h4-5H,1-3H3,(H,13,14)(H,15,18). The molecule has 0 bridgehead atoms. The highest BCUT2D eigenvalue weighted by Gasteiger charge is 2.20. The minimum atomic E-state index is -0.668. The first-order chi connectivity index (χ1) is 10.3. The van der Waals surface area contributed by atoms with Crippen LogP contribution in [0.5, 0.6) is 0 Å². The van der Waals surface area contributed by atoms with Gasteiger partial charge >= 0.3 is 5.97 Å². The van der Waals surface area contributed by atoms with Crippen molar-refractivity contribution in [2.45, 2.75) is 6.92 Å². The molecule has 0 aromatic carbocycles. The number of esters is 1. The first-order valence-electron chi connectivity index (χ1n) is 6.10. The molecule has 0 atom stereocenters. The molecule has 1 amide bonds. The van der Waals surface area contributed by atoms with Crippen LogP contribution >= 0.6 is 0 Å². The molecule has 10 heteroatoms. The predicted molar refractivity (Wildman–Crippen MR) is 74.7 cm³/mol. The molecule has 0 saturated heterocycles. The summed E-state index contributed by atoms with van der Waals surface area (Å²) in [5, 5.41) is 13.2. The van der Waals surface area contributed by atoms with Crippen molar-refractivity contribution in [3.05, 3.63) is 39.6 Å². The Morgan fingerprint density at radius 3 is 2.73 bits per heavy atom.